The van der Waals surface area contributed by atoms with Gasteiger partial charge in [0.25, 0.3) is 0 Å². The van der Waals surface area contributed by atoms with Crippen LogP contribution in [0.3, 0.4) is 0 Å². The minimum atomic E-state index is -0.0606. The molecule has 1 aromatic heterocycles. The van der Waals surface area contributed by atoms with Gasteiger partial charge in [-0.2, -0.15) is 0 Å². The Morgan fingerprint density at radius 3 is 2.91 bits per heavy atom. The average molecular weight is 469 g/mol. The van der Waals surface area contributed by atoms with Crippen molar-refractivity contribution in [2.24, 2.45) is 11.3 Å². The van der Waals surface area contributed by atoms with Crippen molar-refractivity contribution in [1.82, 2.24) is 9.88 Å². The third-order valence-electron chi connectivity index (χ3n) is 10.9. The topological polar surface area (TPSA) is 25.4 Å². The second kappa shape index (κ2) is 7.76. The first-order valence-corrected chi connectivity index (χ1v) is 14.1. The molecular formula is C32H40N2O. The molecule has 2 bridgehead atoms. The molecule has 6 atom stereocenters. The molecule has 184 valence electrons. The van der Waals surface area contributed by atoms with E-state index in [0.29, 0.717) is 17.9 Å². The Balaban J connectivity index is 1.24. The molecule has 2 saturated carbocycles. The maximum atomic E-state index is 7.50. The van der Waals surface area contributed by atoms with E-state index in [9.17, 15) is 0 Å². The zero-order valence-corrected chi connectivity index (χ0v) is 21.7. The van der Waals surface area contributed by atoms with E-state index < -0.39 is 0 Å². The Morgan fingerprint density at radius 1 is 1.11 bits per heavy atom. The highest BCUT2D eigenvalue weighted by molar-refractivity contribution is 5.82. The van der Waals surface area contributed by atoms with E-state index in [2.05, 4.69) is 67.2 Å². The first-order chi connectivity index (χ1) is 17.0. The summed E-state index contributed by atoms with van der Waals surface area (Å²) in [5.74, 6) is 1.19. The molecule has 2 spiro atoms. The number of allylic oxidation sites excluding steroid dienone is 1. The van der Waals surface area contributed by atoms with Crippen LogP contribution >= 0.6 is 0 Å². The van der Waals surface area contributed by atoms with Gasteiger partial charge < -0.3 is 9.64 Å². The maximum absolute atomic E-state index is 7.50. The third-order valence-corrected chi connectivity index (χ3v) is 10.9. The standard InChI is InChI=1S/C32H40N2O/c1-4-17-34(3)27-8-7-25-19-26-11-13-30(2)28(23-6-5-22-12-16-33-21-24(22)18-23)9-10-29(30)32(26)15-14-31(25,20-27)35-32/h5-6,11-12,16,18-19,21,27-29H,4,7-10,13-15,17,20H2,1-3H3/t27-,28?,29-,30-,31?,32-/m1/s1. The summed E-state index contributed by atoms with van der Waals surface area (Å²) in [5.41, 5.74) is 4.83. The summed E-state index contributed by atoms with van der Waals surface area (Å²) >= 11 is 0. The number of hydrogen-bond acceptors (Lipinski definition) is 3. The monoisotopic (exact) mass is 468 g/mol. The van der Waals surface area contributed by atoms with E-state index in [-0.39, 0.29) is 16.6 Å². The normalized spacial score (nSPS) is 39.7. The molecule has 3 heterocycles. The lowest BCUT2D eigenvalue weighted by Gasteiger charge is -2.55. The quantitative estimate of drug-likeness (QED) is 0.475. The number of ether oxygens (including phenoxy) is 1. The van der Waals surface area contributed by atoms with Crippen LogP contribution in [0.15, 0.2) is 60.0 Å². The SMILES string of the molecule is CCCN(C)[C@@H]1CCC2=CC3=CC[C@]4(C)C(c5ccc6ccncc6c5)CC[C@H]4[C@@]34CCC2(C1)O4. The van der Waals surface area contributed by atoms with Crippen molar-refractivity contribution in [3.8, 4) is 0 Å². The number of hydrogen-bond donors (Lipinski definition) is 0. The molecule has 1 aromatic carbocycles. The minimum Gasteiger partial charge on any atom is -0.359 e. The summed E-state index contributed by atoms with van der Waals surface area (Å²) in [5, 5.41) is 2.56. The lowest BCUT2D eigenvalue weighted by Crippen LogP contribution is -2.55. The molecular weight excluding hydrogens is 428 g/mol. The predicted octanol–water partition coefficient (Wildman–Crippen LogP) is 7.19. The van der Waals surface area contributed by atoms with Gasteiger partial charge in [-0.1, -0.05) is 38.1 Å². The van der Waals surface area contributed by atoms with Crippen molar-refractivity contribution in [3.63, 3.8) is 0 Å². The number of rotatable bonds is 4. The minimum absolute atomic E-state index is 0.00673. The fraction of sp³-hybridized carbons (Fsp3) is 0.594. The molecule has 3 aliphatic carbocycles. The molecule has 3 heteroatoms. The van der Waals surface area contributed by atoms with Gasteiger partial charge in [-0.25, -0.2) is 0 Å². The number of benzene rings is 1. The zero-order chi connectivity index (χ0) is 23.8. The lowest BCUT2D eigenvalue weighted by molar-refractivity contribution is -0.140. The molecule has 2 aromatic rings. The average Bonchev–Trinajstić information content (AvgIpc) is 3.38. The Morgan fingerprint density at radius 2 is 2.03 bits per heavy atom. The largest absolute Gasteiger partial charge is 0.359 e. The lowest BCUT2D eigenvalue weighted by atomic mass is 9.58. The Kier molecular flexibility index (Phi) is 4.93. The van der Waals surface area contributed by atoms with Crippen molar-refractivity contribution >= 4 is 10.8 Å². The zero-order valence-electron chi connectivity index (χ0n) is 21.7. The van der Waals surface area contributed by atoms with Gasteiger partial charge in [0.2, 0.25) is 0 Å². The summed E-state index contributed by atoms with van der Waals surface area (Å²) in [6, 6.07) is 9.90. The predicted molar refractivity (Wildman–Crippen MR) is 142 cm³/mol. The highest BCUT2D eigenvalue weighted by Gasteiger charge is 2.66. The molecule has 1 saturated heterocycles. The van der Waals surface area contributed by atoms with Gasteiger partial charge in [0.1, 0.15) is 0 Å². The Labute approximate surface area is 210 Å². The van der Waals surface area contributed by atoms with E-state index in [1.807, 2.05) is 12.4 Å². The summed E-state index contributed by atoms with van der Waals surface area (Å²) in [7, 11) is 2.33. The number of fused-ring (bicyclic) bond motifs is 2. The first-order valence-electron chi connectivity index (χ1n) is 14.1. The summed E-state index contributed by atoms with van der Waals surface area (Å²) in [6.45, 7) is 6.07. The van der Waals surface area contributed by atoms with Gasteiger partial charge in [-0.3, -0.25) is 4.98 Å². The van der Waals surface area contributed by atoms with Crippen LogP contribution in [-0.4, -0.2) is 40.7 Å². The van der Waals surface area contributed by atoms with Gasteiger partial charge in [-0.15, -0.1) is 0 Å². The summed E-state index contributed by atoms with van der Waals surface area (Å²) < 4.78 is 7.50. The summed E-state index contributed by atoms with van der Waals surface area (Å²) in [4.78, 5) is 7.00. The molecule has 2 aliphatic heterocycles. The van der Waals surface area contributed by atoms with Crippen molar-refractivity contribution in [3.05, 3.63) is 65.5 Å². The second-order valence-corrected chi connectivity index (χ2v) is 12.6. The first kappa shape index (κ1) is 22.2. The van der Waals surface area contributed by atoms with Crippen LogP contribution in [0.4, 0.5) is 0 Å². The van der Waals surface area contributed by atoms with Gasteiger partial charge in [0.05, 0.1) is 11.2 Å². The van der Waals surface area contributed by atoms with Gasteiger partial charge >= 0.3 is 0 Å². The molecule has 3 fully saturated rings. The van der Waals surface area contributed by atoms with Gasteiger partial charge in [-0.05, 0) is 123 Å². The number of pyridine rings is 1. The van der Waals surface area contributed by atoms with Crippen LogP contribution in [0.25, 0.3) is 10.8 Å². The van der Waals surface area contributed by atoms with Crippen LogP contribution in [0, 0.1) is 11.3 Å². The second-order valence-electron chi connectivity index (χ2n) is 12.6. The summed E-state index contributed by atoms with van der Waals surface area (Å²) in [6.07, 6.45) is 20.2. The molecule has 35 heavy (non-hydrogen) atoms. The Hall–Kier alpha value is -1.97. The van der Waals surface area contributed by atoms with Crippen LogP contribution in [0.1, 0.15) is 83.1 Å². The smallest absolute Gasteiger partial charge is 0.0974 e. The molecule has 7 rings (SSSR count). The van der Waals surface area contributed by atoms with Crippen molar-refractivity contribution in [2.75, 3.05) is 13.6 Å². The van der Waals surface area contributed by atoms with Crippen molar-refractivity contribution in [2.45, 2.75) is 94.8 Å². The van der Waals surface area contributed by atoms with E-state index in [1.165, 1.54) is 86.2 Å². The van der Waals surface area contributed by atoms with Gasteiger partial charge in [0, 0.05) is 23.8 Å². The Bertz CT molecular complexity index is 1230. The van der Waals surface area contributed by atoms with E-state index >= 15 is 0 Å². The van der Waals surface area contributed by atoms with E-state index in [0.717, 1.165) is 0 Å². The molecule has 5 aliphatic rings. The van der Waals surface area contributed by atoms with Crippen molar-refractivity contribution < 1.29 is 4.74 Å². The molecule has 0 N–H and O–H groups in total. The maximum Gasteiger partial charge on any atom is 0.0974 e. The fourth-order valence-electron chi connectivity index (χ4n) is 9.16. The van der Waals surface area contributed by atoms with E-state index in [1.54, 1.807) is 5.57 Å². The van der Waals surface area contributed by atoms with Crippen LogP contribution in [-0.2, 0) is 4.74 Å². The van der Waals surface area contributed by atoms with Crippen LogP contribution < -0.4 is 0 Å². The highest BCUT2D eigenvalue weighted by Crippen LogP contribution is 2.69. The fourth-order valence-corrected chi connectivity index (χ4v) is 9.16. The van der Waals surface area contributed by atoms with Crippen LogP contribution in [0.5, 0.6) is 0 Å². The molecule has 2 unspecified atom stereocenters. The van der Waals surface area contributed by atoms with Gasteiger partial charge in [0.15, 0.2) is 0 Å². The highest BCUT2D eigenvalue weighted by atomic mass is 16.5. The van der Waals surface area contributed by atoms with E-state index in [4.69, 9.17) is 4.74 Å². The third kappa shape index (κ3) is 3.07. The van der Waals surface area contributed by atoms with Crippen LogP contribution in [0.2, 0.25) is 0 Å². The molecule has 3 nitrogen and oxygen atoms in total. The number of aromatic nitrogens is 1. The van der Waals surface area contributed by atoms with Crippen molar-refractivity contribution in [1.29, 1.82) is 0 Å². The molecule has 0 amide bonds. The number of nitrogens with zero attached hydrogens (tertiary/aromatic N) is 2. The molecule has 0 radical (unpaired) electrons.